The molecule has 0 aromatic heterocycles. The summed E-state index contributed by atoms with van der Waals surface area (Å²) in [6.45, 7) is 1.83. The Balaban J connectivity index is 2.61. The summed E-state index contributed by atoms with van der Waals surface area (Å²) >= 11 is 0. The Morgan fingerprint density at radius 1 is 1.39 bits per heavy atom. The van der Waals surface area contributed by atoms with Crippen LogP contribution in [0.3, 0.4) is 0 Å². The topological polar surface area (TPSA) is 95.5 Å². The minimum atomic E-state index is -3.72. The number of hydrogen-bond acceptors (Lipinski definition) is 3. The molecule has 18 heavy (non-hydrogen) atoms. The van der Waals surface area contributed by atoms with Crippen molar-refractivity contribution in [3.8, 4) is 0 Å². The summed E-state index contributed by atoms with van der Waals surface area (Å²) in [5.74, 6) is -1.05. The summed E-state index contributed by atoms with van der Waals surface area (Å²) in [4.78, 5) is 10.3. The number of anilines is 1. The molecule has 0 aliphatic rings. The lowest BCUT2D eigenvalue weighted by Crippen LogP contribution is -2.31. The van der Waals surface area contributed by atoms with Crippen LogP contribution in [-0.4, -0.2) is 26.0 Å². The fourth-order valence-corrected chi connectivity index (χ4v) is 2.22. The van der Waals surface area contributed by atoms with E-state index in [0.717, 1.165) is 12.0 Å². The van der Waals surface area contributed by atoms with Gasteiger partial charge in [0, 0.05) is 6.54 Å². The van der Waals surface area contributed by atoms with E-state index >= 15 is 0 Å². The molecule has 0 bridgehead atoms. The lowest BCUT2D eigenvalue weighted by Gasteiger charge is -2.09. The molecule has 0 aliphatic carbocycles. The Labute approximate surface area is 106 Å². The maximum atomic E-state index is 11.6. The molecule has 1 rings (SSSR count). The number of hydrogen-bond donors (Lipinski definition) is 3. The van der Waals surface area contributed by atoms with E-state index in [1.807, 2.05) is 13.0 Å². The first kappa shape index (κ1) is 14.5. The highest BCUT2D eigenvalue weighted by molar-refractivity contribution is 7.90. The Morgan fingerprint density at radius 2 is 2.11 bits per heavy atom. The Morgan fingerprint density at radius 3 is 2.72 bits per heavy atom. The first-order valence-electron chi connectivity index (χ1n) is 5.51. The van der Waals surface area contributed by atoms with Crippen molar-refractivity contribution in [3.63, 3.8) is 0 Å². The highest BCUT2D eigenvalue weighted by atomic mass is 32.2. The second kappa shape index (κ2) is 6.36. The third-order valence-corrected chi connectivity index (χ3v) is 3.31. The van der Waals surface area contributed by atoms with E-state index in [4.69, 9.17) is 5.11 Å². The summed E-state index contributed by atoms with van der Waals surface area (Å²) in [6, 6.07) is 7.02. The van der Waals surface area contributed by atoms with E-state index in [1.54, 1.807) is 18.2 Å². The number of benzene rings is 1. The van der Waals surface area contributed by atoms with Crippen molar-refractivity contribution in [3.05, 3.63) is 29.8 Å². The van der Waals surface area contributed by atoms with Crippen molar-refractivity contribution >= 4 is 21.9 Å². The van der Waals surface area contributed by atoms with Gasteiger partial charge in [0.2, 0.25) is 0 Å². The van der Waals surface area contributed by atoms with Crippen molar-refractivity contribution in [1.29, 1.82) is 0 Å². The van der Waals surface area contributed by atoms with E-state index in [2.05, 4.69) is 9.44 Å². The zero-order chi connectivity index (χ0) is 13.6. The summed E-state index contributed by atoms with van der Waals surface area (Å²) < 4.78 is 27.6. The van der Waals surface area contributed by atoms with Crippen LogP contribution in [0.2, 0.25) is 0 Å². The Hall–Kier alpha value is -1.60. The molecule has 0 atom stereocenters. The molecule has 1 aromatic carbocycles. The molecule has 0 radical (unpaired) electrons. The van der Waals surface area contributed by atoms with Gasteiger partial charge in [0.15, 0.2) is 0 Å². The molecular formula is C11H16N2O4S. The normalized spacial score (nSPS) is 11.2. The van der Waals surface area contributed by atoms with Gasteiger partial charge in [0.25, 0.3) is 10.2 Å². The van der Waals surface area contributed by atoms with Gasteiger partial charge in [-0.1, -0.05) is 19.1 Å². The van der Waals surface area contributed by atoms with Crippen molar-refractivity contribution in [1.82, 2.24) is 4.72 Å². The molecule has 0 fully saturated rings. The van der Waals surface area contributed by atoms with Gasteiger partial charge in [0.05, 0.1) is 12.1 Å². The molecule has 0 spiro atoms. The Bertz CT molecular complexity index is 514. The molecule has 0 unspecified atom stereocenters. The maximum Gasteiger partial charge on any atom is 0.304 e. The van der Waals surface area contributed by atoms with E-state index < -0.39 is 16.2 Å². The van der Waals surface area contributed by atoms with E-state index in [-0.39, 0.29) is 13.0 Å². The zero-order valence-corrected chi connectivity index (χ0v) is 10.8. The quantitative estimate of drug-likeness (QED) is 0.689. The summed E-state index contributed by atoms with van der Waals surface area (Å²) in [5.41, 5.74) is 1.47. The molecule has 0 aliphatic heterocycles. The van der Waals surface area contributed by atoms with Gasteiger partial charge in [-0.05, 0) is 24.1 Å². The number of nitrogens with one attached hydrogen (secondary N) is 2. The fraction of sp³-hybridized carbons (Fsp3) is 0.364. The first-order valence-corrected chi connectivity index (χ1v) is 6.99. The lowest BCUT2D eigenvalue weighted by atomic mass is 10.1. The number of carboxylic acid groups (broad SMARTS) is 1. The monoisotopic (exact) mass is 272 g/mol. The SMILES string of the molecule is CCc1cccc(NS(=O)(=O)NCCC(=O)O)c1. The summed E-state index contributed by atoms with van der Waals surface area (Å²) in [7, 11) is -3.72. The molecule has 3 N–H and O–H groups in total. The van der Waals surface area contributed by atoms with Crippen LogP contribution in [0.5, 0.6) is 0 Å². The van der Waals surface area contributed by atoms with Crippen molar-refractivity contribution in [2.75, 3.05) is 11.3 Å². The largest absolute Gasteiger partial charge is 0.481 e. The van der Waals surface area contributed by atoms with E-state index in [1.165, 1.54) is 0 Å². The number of aliphatic carboxylic acids is 1. The maximum absolute atomic E-state index is 11.6. The molecule has 0 heterocycles. The van der Waals surface area contributed by atoms with Crippen LogP contribution in [0.1, 0.15) is 18.9 Å². The number of carbonyl (C=O) groups is 1. The van der Waals surface area contributed by atoms with Crippen LogP contribution >= 0.6 is 0 Å². The van der Waals surface area contributed by atoms with Crippen LogP contribution in [0.15, 0.2) is 24.3 Å². The van der Waals surface area contributed by atoms with Crippen molar-refractivity contribution in [2.24, 2.45) is 0 Å². The van der Waals surface area contributed by atoms with Crippen LogP contribution in [0.4, 0.5) is 5.69 Å². The molecule has 0 saturated heterocycles. The highest BCUT2D eigenvalue weighted by Gasteiger charge is 2.10. The third-order valence-electron chi connectivity index (χ3n) is 2.22. The average Bonchev–Trinajstić information content (AvgIpc) is 2.27. The van der Waals surface area contributed by atoms with Crippen molar-refractivity contribution < 1.29 is 18.3 Å². The number of carboxylic acids is 1. The fourth-order valence-electron chi connectivity index (χ4n) is 1.34. The van der Waals surface area contributed by atoms with Crippen LogP contribution in [0.25, 0.3) is 0 Å². The predicted molar refractivity (Wildman–Crippen MR) is 68.6 cm³/mol. The van der Waals surface area contributed by atoms with Gasteiger partial charge >= 0.3 is 5.97 Å². The summed E-state index contributed by atoms with van der Waals surface area (Å²) in [6.07, 6.45) is 0.553. The second-order valence-electron chi connectivity index (χ2n) is 3.70. The van der Waals surface area contributed by atoms with Crippen LogP contribution in [0, 0.1) is 0 Å². The summed E-state index contributed by atoms with van der Waals surface area (Å²) in [5, 5.41) is 8.41. The van der Waals surface area contributed by atoms with E-state index in [0.29, 0.717) is 5.69 Å². The molecule has 6 nitrogen and oxygen atoms in total. The van der Waals surface area contributed by atoms with Gasteiger partial charge in [0.1, 0.15) is 0 Å². The van der Waals surface area contributed by atoms with Gasteiger partial charge in [-0.25, -0.2) is 0 Å². The Kier molecular flexibility index (Phi) is 5.11. The lowest BCUT2D eigenvalue weighted by molar-refractivity contribution is -0.136. The van der Waals surface area contributed by atoms with Gasteiger partial charge in [-0.2, -0.15) is 13.1 Å². The molecule has 0 amide bonds. The van der Waals surface area contributed by atoms with Crippen molar-refractivity contribution in [2.45, 2.75) is 19.8 Å². The van der Waals surface area contributed by atoms with Gasteiger partial charge in [-0.15, -0.1) is 0 Å². The minimum absolute atomic E-state index is 0.141. The third kappa shape index (κ3) is 5.15. The second-order valence-corrected chi connectivity index (χ2v) is 5.20. The van der Waals surface area contributed by atoms with Crippen LogP contribution < -0.4 is 9.44 Å². The smallest absolute Gasteiger partial charge is 0.304 e. The number of rotatable bonds is 7. The minimum Gasteiger partial charge on any atom is -0.481 e. The average molecular weight is 272 g/mol. The molecule has 0 saturated carbocycles. The highest BCUT2D eigenvalue weighted by Crippen LogP contribution is 2.12. The van der Waals surface area contributed by atoms with Gasteiger partial charge < -0.3 is 5.11 Å². The molecular weight excluding hydrogens is 256 g/mol. The van der Waals surface area contributed by atoms with Crippen LogP contribution in [-0.2, 0) is 21.4 Å². The van der Waals surface area contributed by atoms with E-state index in [9.17, 15) is 13.2 Å². The predicted octanol–water partition coefficient (Wildman–Crippen LogP) is 0.970. The van der Waals surface area contributed by atoms with Gasteiger partial charge in [-0.3, -0.25) is 9.52 Å². The zero-order valence-electron chi connectivity index (χ0n) is 10.0. The standard InChI is InChI=1S/C11H16N2O4S/c1-2-9-4-3-5-10(8-9)13-18(16,17)12-7-6-11(14)15/h3-5,8,12-13H,2,6-7H2,1H3,(H,14,15). The molecule has 100 valence electrons. The number of aryl methyl sites for hydroxylation is 1. The molecule has 1 aromatic rings. The molecule has 7 heteroatoms. The first-order chi connectivity index (χ1) is 8.43.